The van der Waals surface area contributed by atoms with Gasteiger partial charge in [-0.1, -0.05) is 18.2 Å². The zero-order chi connectivity index (χ0) is 19.9. The summed E-state index contributed by atoms with van der Waals surface area (Å²) < 4.78 is 10.6. The minimum atomic E-state index is 0.0105. The van der Waals surface area contributed by atoms with Crippen LogP contribution in [0.4, 0.5) is 11.4 Å². The third-order valence-electron chi connectivity index (χ3n) is 5.11. The Kier molecular flexibility index (Phi) is 6.76. The summed E-state index contributed by atoms with van der Waals surface area (Å²) in [5, 5.41) is 3.09. The summed E-state index contributed by atoms with van der Waals surface area (Å²) in [5.41, 5.74) is 3.01. The number of rotatable bonds is 7. The number of carbonyl (C=O) groups excluding carboxylic acids is 1. The van der Waals surface area contributed by atoms with E-state index in [1.807, 2.05) is 36.4 Å². The number of piperazine rings is 1. The van der Waals surface area contributed by atoms with Crippen molar-refractivity contribution in [3.05, 3.63) is 48.0 Å². The maximum Gasteiger partial charge on any atom is 0.224 e. The number of hydrogen-bond acceptors (Lipinski definition) is 5. The Balaban J connectivity index is 1.61. The van der Waals surface area contributed by atoms with Gasteiger partial charge in [0.15, 0.2) is 11.5 Å². The van der Waals surface area contributed by atoms with Crippen molar-refractivity contribution < 1.29 is 14.3 Å². The number of para-hydroxylation sites is 2. The van der Waals surface area contributed by atoms with Gasteiger partial charge in [-0.3, -0.25) is 4.79 Å². The molecule has 0 atom stereocenters. The number of nitrogens with zero attached hydrogens (tertiary/aromatic N) is 2. The Labute approximate surface area is 167 Å². The van der Waals surface area contributed by atoms with Crippen LogP contribution in [0.15, 0.2) is 42.5 Å². The second-order valence-electron chi connectivity index (χ2n) is 7.04. The predicted octanol–water partition coefficient (Wildman–Crippen LogP) is 3.03. The van der Waals surface area contributed by atoms with Gasteiger partial charge in [0, 0.05) is 32.6 Å². The summed E-state index contributed by atoms with van der Waals surface area (Å²) in [6, 6.07) is 13.8. The van der Waals surface area contributed by atoms with Crippen molar-refractivity contribution in [1.82, 2.24) is 4.90 Å². The number of hydrogen-bond donors (Lipinski definition) is 1. The molecule has 0 bridgehead atoms. The van der Waals surface area contributed by atoms with E-state index in [9.17, 15) is 4.79 Å². The minimum absolute atomic E-state index is 0.0105. The molecule has 3 rings (SSSR count). The summed E-state index contributed by atoms with van der Waals surface area (Å²) in [6.07, 6.45) is 1.05. The van der Waals surface area contributed by atoms with E-state index in [0.717, 1.165) is 43.1 Å². The standard InChI is InChI=1S/C22H29N3O3/c1-24-12-14-25(15-13-24)19-7-5-4-6-18(19)23-22(26)11-9-17-8-10-20(27-2)21(16-17)28-3/h4-8,10,16H,9,11-15H2,1-3H3,(H,23,26). The molecule has 1 aliphatic heterocycles. The maximum absolute atomic E-state index is 12.6. The summed E-state index contributed by atoms with van der Waals surface area (Å²) in [6.45, 7) is 3.99. The van der Waals surface area contributed by atoms with E-state index in [0.29, 0.717) is 24.3 Å². The number of carbonyl (C=O) groups is 1. The molecule has 150 valence electrons. The Hall–Kier alpha value is -2.73. The van der Waals surface area contributed by atoms with Crippen molar-refractivity contribution in [2.75, 3.05) is 57.7 Å². The number of likely N-dealkylation sites (N-methyl/N-ethyl adjacent to an activating group) is 1. The second-order valence-corrected chi connectivity index (χ2v) is 7.04. The third kappa shape index (κ3) is 4.95. The molecule has 6 nitrogen and oxygen atoms in total. The van der Waals surface area contributed by atoms with Crippen molar-refractivity contribution in [3.63, 3.8) is 0 Å². The lowest BCUT2D eigenvalue weighted by Gasteiger charge is -2.35. The van der Waals surface area contributed by atoms with Crippen molar-refractivity contribution in [2.45, 2.75) is 12.8 Å². The van der Waals surface area contributed by atoms with E-state index in [1.54, 1.807) is 14.2 Å². The fourth-order valence-electron chi connectivity index (χ4n) is 3.41. The first-order chi connectivity index (χ1) is 13.6. The molecule has 0 radical (unpaired) electrons. The second kappa shape index (κ2) is 9.46. The van der Waals surface area contributed by atoms with E-state index >= 15 is 0 Å². The van der Waals surface area contributed by atoms with E-state index in [-0.39, 0.29) is 5.91 Å². The number of ether oxygens (including phenoxy) is 2. The highest BCUT2D eigenvalue weighted by atomic mass is 16.5. The molecule has 0 unspecified atom stereocenters. The molecule has 1 heterocycles. The first-order valence-corrected chi connectivity index (χ1v) is 9.64. The quantitative estimate of drug-likeness (QED) is 0.797. The normalized spacial score (nSPS) is 14.6. The highest BCUT2D eigenvalue weighted by molar-refractivity contribution is 5.94. The fraction of sp³-hybridized carbons (Fsp3) is 0.409. The number of methoxy groups -OCH3 is 2. The van der Waals surface area contributed by atoms with Crippen molar-refractivity contribution in [2.24, 2.45) is 0 Å². The lowest BCUT2D eigenvalue weighted by Crippen LogP contribution is -2.44. The molecule has 0 spiro atoms. The predicted molar refractivity (Wildman–Crippen MR) is 113 cm³/mol. The molecule has 1 amide bonds. The monoisotopic (exact) mass is 383 g/mol. The van der Waals surface area contributed by atoms with Gasteiger partial charge in [-0.2, -0.15) is 0 Å². The summed E-state index contributed by atoms with van der Waals surface area (Å²) in [7, 11) is 5.37. The number of amides is 1. The van der Waals surface area contributed by atoms with Crippen LogP contribution in [0.1, 0.15) is 12.0 Å². The molecule has 28 heavy (non-hydrogen) atoms. The number of aryl methyl sites for hydroxylation is 1. The van der Waals surface area contributed by atoms with Gasteiger partial charge in [0.05, 0.1) is 25.6 Å². The molecule has 1 aliphatic rings. The van der Waals surface area contributed by atoms with Gasteiger partial charge in [-0.15, -0.1) is 0 Å². The molecular formula is C22H29N3O3. The molecule has 2 aromatic carbocycles. The minimum Gasteiger partial charge on any atom is -0.493 e. The van der Waals surface area contributed by atoms with E-state index in [1.165, 1.54) is 0 Å². The Morgan fingerprint density at radius 2 is 1.71 bits per heavy atom. The lowest BCUT2D eigenvalue weighted by atomic mass is 10.1. The Morgan fingerprint density at radius 1 is 1.00 bits per heavy atom. The van der Waals surface area contributed by atoms with Gasteiger partial charge >= 0.3 is 0 Å². The zero-order valence-corrected chi connectivity index (χ0v) is 16.9. The van der Waals surface area contributed by atoms with Gasteiger partial charge in [0.25, 0.3) is 0 Å². The van der Waals surface area contributed by atoms with Crippen molar-refractivity contribution in [3.8, 4) is 11.5 Å². The summed E-state index contributed by atoms with van der Waals surface area (Å²) in [4.78, 5) is 17.2. The average molecular weight is 383 g/mol. The zero-order valence-electron chi connectivity index (χ0n) is 16.9. The highest BCUT2D eigenvalue weighted by Crippen LogP contribution is 2.29. The SMILES string of the molecule is COc1ccc(CCC(=O)Nc2ccccc2N2CCN(C)CC2)cc1OC. The molecular weight excluding hydrogens is 354 g/mol. The average Bonchev–Trinajstić information content (AvgIpc) is 2.73. The van der Waals surface area contributed by atoms with Crippen molar-refractivity contribution in [1.29, 1.82) is 0 Å². The van der Waals surface area contributed by atoms with Gasteiger partial charge in [-0.25, -0.2) is 0 Å². The number of nitrogens with one attached hydrogen (secondary N) is 1. The first kappa shape index (κ1) is 20.0. The molecule has 0 aromatic heterocycles. The summed E-state index contributed by atoms with van der Waals surface area (Å²) in [5.74, 6) is 1.38. The smallest absolute Gasteiger partial charge is 0.224 e. The van der Waals surface area contributed by atoms with E-state index in [4.69, 9.17) is 9.47 Å². The molecule has 6 heteroatoms. The largest absolute Gasteiger partial charge is 0.493 e. The molecule has 0 aliphatic carbocycles. The van der Waals surface area contributed by atoms with Crippen LogP contribution in [0.3, 0.4) is 0 Å². The maximum atomic E-state index is 12.6. The number of benzene rings is 2. The van der Waals surface area contributed by atoms with Gasteiger partial charge in [0.2, 0.25) is 5.91 Å². The van der Waals surface area contributed by atoms with E-state index < -0.39 is 0 Å². The number of anilines is 2. The molecule has 1 fully saturated rings. The van der Waals surface area contributed by atoms with Crippen molar-refractivity contribution >= 4 is 17.3 Å². The molecule has 2 aromatic rings. The lowest BCUT2D eigenvalue weighted by molar-refractivity contribution is -0.116. The Morgan fingerprint density at radius 3 is 2.43 bits per heavy atom. The first-order valence-electron chi connectivity index (χ1n) is 9.64. The van der Waals surface area contributed by atoms with Gasteiger partial charge in [-0.05, 0) is 43.3 Å². The van der Waals surface area contributed by atoms with E-state index in [2.05, 4.69) is 28.2 Å². The van der Waals surface area contributed by atoms with Crippen LogP contribution in [0.5, 0.6) is 11.5 Å². The van der Waals surface area contributed by atoms with Crippen LogP contribution in [0.2, 0.25) is 0 Å². The van der Waals surface area contributed by atoms with Crippen LogP contribution in [0, 0.1) is 0 Å². The third-order valence-corrected chi connectivity index (χ3v) is 5.11. The van der Waals surface area contributed by atoms with Gasteiger partial charge < -0.3 is 24.6 Å². The molecule has 1 saturated heterocycles. The molecule has 1 N–H and O–H groups in total. The van der Waals surface area contributed by atoms with Gasteiger partial charge in [0.1, 0.15) is 0 Å². The fourth-order valence-corrected chi connectivity index (χ4v) is 3.41. The summed E-state index contributed by atoms with van der Waals surface area (Å²) >= 11 is 0. The topological polar surface area (TPSA) is 54.0 Å². The Bertz CT molecular complexity index is 801. The molecule has 0 saturated carbocycles. The van der Waals surface area contributed by atoms with Crippen LogP contribution in [-0.2, 0) is 11.2 Å². The van der Waals surface area contributed by atoms with Crippen LogP contribution in [0.25, 0.3) is 0 Å². The highest BCUT2D eigenvalue weighted by Gasteiger charge is 2.17. The van der Waals surface area contributed by atoms with Crippen LogP contribution >= 0.6 is 0 Å². The van der Waals surface area contributed by atoms with Crippen LogP contribution in [-0.4, -0.2) is 58.3 Å². The van der Waals surface area contributed by atoms with Crippen LogP contribution < -0.4 is 19.7 Å².